The van der Waals surface area contributed by atoms with Crippen LogP contribution in [0.15, 0.2) is 29.2 Å². The van der Waals surface area contributed by atoms with E-state index in [1.807, 2.05) is 30.5 Å². The average molecular weight is 261 g/mol. The highest BCUT2D eigenvalue weighted by atomic mass is 32.2. The van der Waals surface area contributed by atoms with Crippen LogP contribution in [-0.2, 0) is 4.74 Å². The minimum Gasteiger partial charge on any atom is -0.398 e. The average Bonchev–Trinajstić information content (AvgIpc) is 2.30. The predicted molar refractivity (Wildman–Crippen MR) is 67.6 cm³/mol. The number of thioether (sulfide) groups is 1. The lowest BCUT2D eigenvalue weighted by atomic mass is 10.2. The van der Waals surface area contributed by atoms with Gasteiger partial charge in [-0.25, -0.2) is 8.78 Å². The molecule has 5 heteroatoms. The number of hydrogen-bond donors (Lipinski definition) is 1. The van der Waals surface area contributed by atoms with E-state index < -0.39 is 5.92 Å². The Labute approximate surface area is 105 Å². The van der Waals surface area contributed by atoms with Crippen LogP contribution in [0.25, 0.3) is 0 Å². The lowest BCUT2D eigenvalue weighted by Crippen LogP contribution is -2.28. The van der Waals surface area contributed by atoms with E-state index in [1.54, 1.807) is 11.8 Å². The first-order valence-electron chi connectivity index (χ1n) is 5.39. The molecule has 1 heterocycles. The van der Waals surface area contributed by atoms with Gasteiger partial charge in [0, 0.05) is 23.6 Å². The van der Waals surface area contributed by atoms with Crippen molar-refractivity contribution in [1.29, 1.82) is 0 Å². The molecule has 1 fully saturated rings. The van der Waals surface area contributed by atoms with Crippen molar-refractivity contribution in [3.8, 4) is 0 Å². The van der Waals surface area contributed by atoms with E-state index in [1.165, 1.54) is 0 Å². The van der Waals surface area contributed by atoms with E-state index in [9.17, 15) is 8.78 Å². The number of halogens is 2. The van der Waals surface area contributed by atoms with Gasteiger partial charge in [0.15, 0.2) is 0 Å². The highest BCUT2D eigenvalue weighted by Gasteiger charge is 2.31. The Morgan fingerprint density at radius 2 is 2.06 bits per heavy atom. The first-order chi connectivity index (χ1) is 8.05. The van der Waals surface area contributed by atoms with Gasteiger partial charge in [0.2, 0.25) is 0 Å². The topological polar surface area (TPSA) is 35.2 Å². The number of ether oxygens (including phenoxy) is 1. The maximum absolute atomic E-state index is 12.1. The minimum absolute atomic E-state index is 0.00694. The molecule has 17 heavy (non-hydrogen) atoms. The van der Waals surface area contributed by atoms with Crippen molar-refractivity contribution in [2.24, 2.45) is 0 Å². The highest BCUT2D eigenvalue weighted by molar-refractivity contribution is 7.98. The summed E-state index contributed by atoms with van der Waals surface area (Å²) in [5.41, 5.74) is 6.48. The fourth-order valence-electron chi connectivity index (χ4n) is 1.39. The number of anilines is 1. The molecule has 0 amide bonds. The number of nitrogens with two attached hydrogens (primary N) is 1. The first kappa shape index (κ1) is 14.3. The third kappa shape index (κ3) is 5.37. The second kappa shape index (κ2) is 6.81. The Balaban J connectivity index is 0.000000171. The van der Waals surface area contributed by atoms with E-state index in [-0.39, 0.29) is 13.0 Å². The molecular weight excluding hydrogens is 244 g/mol. The van der Waals surface area contributed by atoms with Gasteiger partial charge in [-0.1, -0.05) is 12.1 Å². The van der Waals surface area contributed by atoms with Gasteiger partial charge in [-0.3, -0.25) is 0 Å². The summed E-state index contributed by atoms with van der Waals surface area (Å²) in [7, 11) is 0. The number of rotatable bonds is 1. The summed E-state index contributed by atoms with van der Waals surface area (Å²) in [6, 6.07) is 7.85. The lowest BCUT2D eigenvalue weighted by Gasteiger charge is -2.20. The van der Waals surface area contributed by atoms with Crippen LogP contribution >= 0.6 is 11.8 Å². The molecule has 0 spiro atoms. The van der Waals surface area contributed by atoms with Crippen molar-refractivity contribution in [3.05, 3.63) is 24.3 Å². The molecule has 0 aliphatic carbocycles. The largest absolute Gasteiger partial charge is 0.398 e. The lowest BCUT2D eigenvalue weighted by molar-refractivity contribution is -0.113. The molecule has 1 saturated heterocycles. The Kier molecular flexibility index (Phi) is 5.71. The molecule has 96 valence electrons. The van der Waals surface area contributed by atoms with Crippen LogP contribution in [0, 0.1) is 0 Å². The smallest absolute Gasteiger partial charge is 0.271 e. The van der Waals surface area contributed by atoms with Gasteiger partial charge in [-0.15, -0.1) is 11.8 Å². The molecule has 1 aromatic rings. The molecule has 2 N–H and O–H groups in total. The van der Waals surface area contributed by atoms with Crippen molar-refractivity contribution >= 4 is 17.4 Å². The number of benzene rings is 1. The van der Waals surface area contributed by atoms with Gasteiger partial charge in [-0.05, 0) is 24.8 Å². The number of hydrogen-bond acceptors (Lipinski definition) is 3. The van der Waals surface area contributed by atoms with E-state index in [4.69, 9.17) is 5.73 Å². The molecule has 0 bridgehead atoms. The van der Waals surface area contributed by atoms with E-state index in [0.29, 0.717) is 13.0 Å². The van der Waals surface area contributed by atoms with Gasteiger partial charge in [0.25, 0.3) is 5.92 Å². The molecule has 1 aliphatic heterocycles. The standard InChI is InChI=1S/C7H9NS.C5H8F2O/c1-9-7-5-3-2-4-6(7)8;6-5(7)2-1-3-8-4-5/h2-5H,8H2,1H3;1-4H2. The predicted octanol–water partition coefficient (Wildman–Crippen LogP) is 3.42. The fraction of sp³-hybridized carbons (Fsp3) is 0.500. The van der Waals surface area contributed by atoms with Crippen molar-refractivity contribution in [3.63, 3.8) is 0 Å². The van der Waals surface area contributed by atoms with Gasteiger partial charge in [0.05, 0.1) is 0 Å². The van der Waals surface area contributed by atoms with Crippen LogP contribution < -0.4 is 5.73 Å². The zero-order chi connectivity index (χ0) is 12.7. The summed E-state index contributed by atoms with van der Waals surface area (Å²) in [5.74, 6) is -2.54. The molecule has 1 aliphatic rings. The van der Waals surface area contributed by atoms with Crippen molar-refractivity contribution < 1.29 is 13.5 Å². The van der Waals surface area contributed by atoms with Gasteiger partial charge < -0.3 is 10.5 Å². The second-order valence-electron chi connectivity index (χ2n) is 3.75. The maximum Gasteiger partial charge on any atom is 0.271 e. The Morgan fingerprint density at radius 1 is 1.35 bits per heavy atom. The maximum atomic E-state index is 12.1. The molecule has 0 radical (unpaired) electrons. The monoisotopic (exact) mass is 261 g/mol. The first-order valence-corrected chi connectivity index (χ1v) is 6.62. The molecule has 0 atom stereocenters. The summed E-state index contributed by atoms with van der Waals surface area (Å²) in [4.78, 5) is 1.15. The molecular formula is C12H17F2NOS. The van der Waals surface area contributed by atoms with E-state index in [2.05, 4.69) is 4.74 Å². The van der Waals surface area contributed by atoms with Crippen LogP contribution in [0.4, 0.5) is 14.5 Å². The molecule has 0 unspecified atom stereocenters. The van der Waals surface area contributed by atoms with Gasteiger partial charge in [0.1, 0.15) is 6.61 Å². The summed E-state index contributed by atoms with van der Waals surface area (Å²) in [5, 5.41) is 0. The Morgan fingerprint density at radius 3 is 2.41 bits per heavy atom. The van der Waals surface area contributed by atoms with Gasteiger partial charge >= 0.3 is 0 Å². The number of nitrogen functional groups attached to an aromatic ring is 1. The summed E-state index contributed by atoms with van der Waals surface area (Å²) in [6.07, 6.45) is 2.51. The van der Waals surface area contributed by atoms with Crippen LogP contribution in [0.3, 0.4) is 0 Å². The normalized spacial score (nSPS) is 18.1. The van der Waals surface area contributed by atoms with Crippen molar-refractivity contribution in [2.75, 3.05) is 25.2 Å². The minimum atomic E-state index is -2.54. The molecule has 2 rings (SSSR count). The third-order valence-electron chi connectivity index (χ3n) is 2.28. The quantitative estimate of drug-likeness (QED) is 0.621. The molecule has 2 nitrogen and oxygen atoms in total. The van der Waals surface area contributed by atoms with Crippen LogP contribution in [-0.4, -0.2) is 25.4 Å². The second-order valence-corrected chi connectivity index (χ2v) is 4.60. The number of para-hydroxylation sites is 1. The van der Waals surface area contributed by atoms with E-state index >= 15 is 0 Å². The van der Waals surface area contributed by atoms with E-state index in [0.717, 1.165) is 10.6 Å². The molecule has 0 saturated carbocycles. The summed E-state index contributed by atoms with van der Waals surface area (Å²) in [6.45, 7) is 0.114. The molecule has 1 aromatic carbocycles. The number of alkyl halides is 2. The third-order valence-corrected chi connectivity index (χ3v) is 3.09. The SMILES string of the molecule is CSc1ccccc1N.FC1(F)CCCOC1. The zero-order valence-electron chi connectivity index (χ0n) is 9.79. The Bertz CT molecular complexity index is 339. The van der Waals surface area contributed by atoms with Gasteiger partial charge in [-0.2, -0.15) is 0 Å². The molecule has 0 aromatic heterocycles. The summed E-state index contributed by atoms with van der Waals surface area (Å²) < 4.78 is 28.7. The fourth-order valence-corrected chi connectivity index (χ4v) is 1.91. The van der Waals surface area contributed by atoms with Crippen molar-refractivity contribution in [2.45, 2.75) is 23.7 Å². The highest BCUT2D eigenvalue weighted by Crippen LogP contribution is 2.24. The van der Waals surface area contributed by atoms with Crippen LogP contribution in [0.1, 0.15) is 12.8 Å². The van der Waals surface area contributed by atoms with Crippen molar-refractivity contribution in [1.82, 2.24) is 0 Å². The van der Waals surface area contributed by atoms with Crippen LogP contribution in [0.2, 0.25) is 0 Å². The Hall–Kier alpha value is -0.810. The summed E-state index contributed by atoms with van der Waals surface area (Å²) >= 11 is 1.67. The zero-order valence-corrected chi connectivity index (χ0v) is 10.6. The van der Waals surface area contributed by atoms with Crippen LogP contribution in [0.5, 0.6) is 0 Å².